The summed E-state index contributed by atoms with van der Waals surface area (Å²) < 4.78 is 41.6. The number of nitrogens with zero attached hydrogens (tertiary/aromatic N) is 3. The van der Waals surface area contributed by atoms with Gasteiger partial charge in [0.05, 0.1) is 23.4 Å². The van der Waals surface area contributed by atoms with Gasteiger partial charge in [0, 0.05) is 43.9 Å². The molecular weight excluding hydrogens is 443 g/mol. The van der Waals surface area contributed by atoms with Crippen LogP contribution in [0.15, 0.2) is 60.7 Å². The number of piperazine rings is 1. The SMILES string of the molecule is O=C1c2cccc(N3CCN(Cc4cc(F)ccc4F)CC3)c2C(=O)N1Cc1ccccc1F. The molecule has 0 atom stereocenters. The van der Waals surface area contributed by atoms with Gasteiger partial charge in [-0.25, -0.2) is 13.2 Å². The standard InChI is InChI=1S/C26H22F3N3O2/c27-19-8-9-22(29)18(14-19)15-30-10-12-31(13-11-30)23-7-3-5-20-24(23)26(34)32(25(20)33)16-17-4-1-2-6-21(17)28/h1-9,14H,10-13,15-16H2. The summed E-state index contributed by atoms with van der Waals surface area (Å²) in [5, 5.41) is 0. The van der Waals surface area contributed by atoms with Crippen LogP contribution < -0.4 is 4.90 Å². The van der Waals surface area contributed by atoms with Gasteiger partial charge in [-0.15, -0.1) is 0 Å². The first-order valence-corrected chi connectivity index (χ1v) is 11.1. The number of imide groups is 1. The van der Waals surface area contributed by atoms with Crippen LogP contribution >= 0.6 is 0 Å². The quantitative estimate of drug-likeness (QED) is 0.530. The predicted molar refractivity (Wildman–Crippen MR) is 121 cm³/mol. The Bertz CT molecular complexity index is 1270. The summed E-state index contributed by atoms with van der Waals surface area (Å²) in [6.45, 7) is 2.44. The Kier molecular flexibility index (Phi) is 5.83. The van der Waals surface area contributed by atoms with Gasteiger partial charge in [-0.05, 0) is 36.4 Å². The number of halogens is 3. The molecule has 1 fully saturated rings. The lowest BCUT2D eigenvalue weighted by Crippen LogP contribution is -2.46. The zero-order valence-corrected chi connectivity index (χ0v) is 18.3. The van der Waals surface area contributed by atoms with Crippen LogP contribution in [0.25, 0.3) is 0 Å². The highest BCUT2D eigenvalue weighted by Gasteiger charge is 2.39. The average Bonchev–Trinajstić information content (AvgIpc) is 3.08. The number of fused-ring (bicyclic) bond motifs is 1. The van der Waals surface area contributed by atoms with E-state index in [-0.39, 0.29) is 18.7 Å². The Labute approximate surface area is 195 Å². The third-order valence-corrected chi connectivity index (χ3v) is 6.38. The molecule has 0 N–H and O–H groups in total. The summed E-state index contributed by atoms with van der Waals surface area (Å²) in [4.78, 5) is 31.3. The van der Waals surface area contributed by atoms with Crippen molar-refractivity contribution in [2.24, 2.45) is 0 Å². The van der Waals surface area contributed by atoms with Crippen LogP contribution in [0.5, 0.6) is 0 Å². The molecule has 0 bridgehead atoms. The van der Waals surface area contributed by atoms with Crippen molar-refractivity contribution in [1.82, 2.24) is 9.80 Å². The van der Waals surface area contributed by atoms with Gasteiger partial charge < -0.3 is 4.90 Å². The molecule has 2 aliphatic heterocycles. The van der Waals surface area contributed by atoms with Gasteiger partial charge in [0.15, 0.2) is 0 Å². The van der Waals surface area contributed by atoms with Crippen LogP contribution in [0.1, 0.15) is 31.8 Å². The third-order valence-electron chi connectivity index (χ3n) is 6.38. The van der Waals surface area contributed by atoms with Gasteiger partial charge in [-0.2, -0.15) is 0 Å². The van der Waals surface area contributed by atoms with E-state index in [1.54, 1.807) is 36.4 Å². The first-order valence-electron chi connectivity index (χ1n) is 11.1. The molecule has 1 saturated heterocycles. The number of benzene rings is 3. The Morgan fingerprint density at radius 3 is 2.21 bits per heavy atom. The number of hydrogen-bond acceptors (Lipinski definition) is 4. The highest BCUT2D eigenvalue weighted by Crippen LogP contribution is 2.33. The van der Waals surface area contributed by atoms with Crippen molar-refractivity contribution in [3.05, 3.63) is 100 Å². The molecule has 2 amide bonds. The molecule has 0 saturated carbocycles. The van der Waals surface area contributed by atoms with Crippen molar-refractivity contribution in [3.8, 4) is 0 Å². The van der Waals surface area contributed by atoms with E-state index < -0.39 is 29.3 Å². The van der Waals surface area contributed by atoms with Gasteiger partial charge in [0.25, 0.3) is 11.8 Å². The molecule has 0 unspecified atom stereocenters. The molecule has 5 nitrogen and oxygen atoms in total. The van der Waals surface area contributed by atoms with Crippen LogP contribution in [0.3, 0.4) is 0 Å². The smallest absolute Gasteiger partial charge is 0.263 e. The topological polar surface area (TPSA) is 43.9 Å². The van der Waals surface area contributed by atoms with Crippen LogP contribution in [0.2, 0.25) is 0 Å². The summed E-state index contributed by atoms with van der Waals surface area (Å²) in [5.41, 5.74) is 1.87. The van der Waals surface area contributed by atoms with Crippen LogP contribution in [0.4, 0.5) is 18.9 Å². The highest BCUT2D eigenvalue weighted by atomic mass is 19.1. The van der Waals surface area contributed by atoms with E-state index in [1.165, 1.54) is 12.1 Å². The summed E-state index contributed by atoms with van der Waals surface area (Å²) >= 11 is 0. The summed E-state index contributed by atoms with van der Waals surface area (Å²) in [6, 6.07) is 14.7. The average molecular weight is 465 g/mol. The van der Waals surface area contributed by atoms with Gasteiger partial charge in [0.2, 0.25) is 0 Å². The third kappa shape index (κ3) is 4.05. The van der Waals surface area contributed by atoms with Gasteiger partial charge in [-0.3, -0.25) is 19.4 Å². The molecular formula is C26H22F3N3O2. The van der Waals surface area contributed by atoms with Crippen LogP contribution in [0, 0.1) is 17.5 Å². The van der Waals surface area contributed by atoms with Gasteiger partial charge in [0.1, 0.15) is 17.5 Å². The van der Waals surface area contributed by atoms with Crippen LogP contribution in [-0.2, 0) is 13.1 Å². The molecule has 8 heteroatoms. The second kappa shape index (κ2) is 8.95. The van der Waals surface area contributed by atoms with E-state index in [1.807, 2.05) is 9.80 Å². The summed E-state index contributed by atoms with van der Waals surface area (Å²) in [5.74, 6) is -2.26. The van der Waals surface area contributed by atoms with Gasteiger partial charge >= 0.3 is 0 Å². The maximum Gasteiger partial charge on any atom is 0.263 e. The van der Waals surface area contributed by atoms with Crippen molar-refractivity contribution in [1.29, 1.82) is 0 Å². The molecule has 3 aromatic carbocycles. The lowest BCUT2D eigenvalue weighted by molar-refractivity contribution is 0.0641. The Morgan fingerprint density at radius 2 is 1.44 bits per heavy atom. The number of rotatable bonds is 5. The minimum Gasteiger partial charge on any atom is -0.368 e. The summed E-state index contributed by atoms with van der Waals surface area (Å²) in [7, 11) is 0. The van der Waals surface area contributed by atoms with E-state index in [4.69, 9.17) is 0 Å². The van der Waals surface area contributed by atoms with Crippen molar-refractivity contribution in [3.63, 3.8) is 0 Å². The minimum atomic E-state index is -0.474. The number of anilines is 1. The maximum absolute atomic E-state index is 14.1. The number of hydrogen-bond donors (Lipinski definition) is 0. The van der Waals surface area contributed by atoms with Crippen molar-refractivity contribution in [2.75, 3.05) is 31.1 Å². The Morgan fingerprint density at radius 1 is 0.706 bits per heavy atom. The molecule has 34 heavy (non-hydrogen) atoms. The first-order chi connectivity index (χ1) is 16.4. The zero-order chi connectivity index (χ0) is 23.8. The fraction of sp³-hybridized carbons (Fsp3) is 0.231. The van der Waals surface area contributed by atoms with E-state index in [0.29, 0.717) is 48.6 Å². The highest BCUT2D eigenvalue weighted by molar-refractivity contribution is 6.23. The Balaban J connectivity index is 1.32. The zero-order valence-electron chi connectivity index (χ0n) is 18.3. The van der Waals surface area contributed by atoms with E-state index >= 15 is 0 Å². The molecule has 2 heterocycles. The number of carbonyl (C=O) groups excluding carboxylic acids is 2. The Hall–Kier alpha value is -3.65. The molecule has 0 aromatic heterocycles. The van der Waals surface area contributed by atoms with E-state index in [9.17, 15) is 22.8 Å². The molecule has 174 valence electrons. The second-order valence-electron chi connectivity index (χ2n) is 8.49. The lowest BCUT2D eigenvalue weighted by Gasteiger charge is -2.36. The normalized spacial score (nSPS) is 16.3. The molecule has 5 rings (SSSR count). The monoisotopic (exact) mass is 465 g/mol. The predicted octanol–water partition coefficient (Wildman–Crippen LogP) is 4.22. The largest absolute Gasteiger partial charge is 0.368 e. The van der Waals surface area contributed by atoms with Crippen molar-refractivity contribution < 1.29 is 22.8 Å². The van der Waals surface area contributed by atoms with Crippen LogP contribution in [-0.4, -0.2) is 47.8 Å². The number of carbonyl (C=O) groups is 2. The lowest BCUT2D eigenvalue weighted by atomic mass is 10.1. The maximum atomic E-state index is 14.1. The second-order valence-corrected chi connectivity index (χ2v) is 8.49. The van der Waals surface area contributed by atoms with Gasteiger partial charge in [-0.1, -0.05) is 24.3 Å². The van der Waals surface area contributed by atoms with E-state index in [2.05, 4.69) is 0 Å². The number of amides is 2. The van der Waals surface area contributed by atoms with Crippen molar-refractivity contribution in [2.45, 2.75) is 13.1 Å². The fourth-order valence-corrected chi connectivity index (χ4v) is 4.57. The molecule has 0 radical (unpaired) electrons. The fourth-order valence-electron chi connectivity index (χ4n) is 4.57. The first kappa shape index (κ1) is 22.2. The van der Waals surface area contributed by atoms with E-state index in [0.717, 1.165) is 17.0 Å². The molecule has 2 aliphatic rings. The molecule has 3 aromatic rings. The minimum absolute atomic E-state index is 0.133. The summed E-state index contributed by atoms with van der Waals surface area (Å²) in [6.07, 6.45) is 0. The molecule has 0 spiro atoms. The van der Waals surface area contributed by atoms with Crippen molar-refractivity contribution >= 4 is 17.5 Å². The molecule has 0 aliphatic carbocycles.